The molecule has 0 aliphatic carbocycles. The molecule has 2 aromatic rings. The lowest BCUT2D eigenvalue weighted by atomic mass is 10.00. The highest BCUT2D eigenvalue weighted by Crippen LogP contribution is 2.34. The molecule has 4 nitrogen and oxygen atoms in total. The number of nitrogen functional groups attached to an aromatic ring is 1. The number of nitrogens with two attached hydrogens (primary N) is 1. The van der Waals surface area contributed by atoms with E-state index in [9.17, 15) is 0 Å². The van der Waals surface area contributed by atoms with Crippen molar-refractivity contribution in [3.8, 4) is 0 Å². The molecule has 0 aromatic carbocycles. The smallest absolute Gasteiger partial charge is 0.223 e. The molecule has 0 aliphatic rings. The number of aryl methyl sites for hydroxylation is 1. The molecule has 2 rings (SSSR count). The first-order chi connectivity index (χ1) is 8.89. The highest BCUT2D eigenvalue weighted by Gasteiger charge is 2.25. The molecule has 0 spiro atoms. The third kappa shape index (κ3) is 2.52. The zero-order valence-corrected chi connectivity index (χ0v) is 13.1. The Bertz CT molecular complexity index is 588. The second-order valence-corrected chi connectivity index (χ2v) is 6.53. The first-order valence-corrected chi connectivity index (χ1v) is 7.50. The largest absolute Gasteiger partial charge is 0.368 e. The lowest BCUT2D eigenvalue weighted by molar-refractivity contribution is 0.468. The highest BCUT2D eigenvalue weighted by atomic mass is 32.1. The number of hydrogen-bond donors (Lipinski definition) is 1. The van der Waals surface area contributed by atoms with E-state index in [-0.39, 0.29) is 5.54 Å². The van der Waals surface area contributed by atoms with Gasteiger partial charge in [-0.05, 0) is 32.8 Å². The number of thiophene rings is 1. The summed E-state index contributed by atoms with van der Waals surface area (Å²) in [4.78, 5) is 13.3. The van der Waals surface area contributed by atoms with Gasteiger partial charge in [0.25, 0.3) is 0 Å². The van der Waals surface area contributed by atoms with Gasteiger partial charge >= 0.3 is 0 Å². The molecule has 0 aliphatic heterocycles. The molecule has 0 fully saturated rings. The molecule has 0 saturated carbocycles. The maximum atomic E-state index is 5.86. The first kappa shape index (κ1) is 14.1. The highest BCUT2D eigenvalue weighted by molar-refractivity contribution is 7.18. The summed E-state index contributed by atoms with van der Waals surface area (Å²) in [5, 5.41) is 1.11. The molecule has 0 unspecified atom stereocenters. The minimum atomic E-state index is 0.0437. The normalized spacial score (nSPS) is 12.1. The standard InChI is InChI=1S/C14H22N4S/c1-6-9-8-10-11(18(5)14(3,4)7-2)16-13(15)17-12(10)19-9/h8H,6-7H2,1-5H3,(H2,15,16,17). The number of fused-ring (bicyclic) bond motifs is 1. The third-order valence-corrected chi connectivity index (χ3v) is 5.05. The summed E-state index contributed by atoms with van der Waals surface area (Å²) in [5.74, 6) is 1.29. The fraction of sp³-hybridized carbons (Fsp3) is 0.571. The van der Waals surface area contributed by atoms with E-state index < -0.39 is 0 Å². The van der Waals surface area contributed by atoms with Crippen LogP contribution in [0.15, 0.2) is 6.07 Å². The van der Waals surface area contributed by atoms with E-state index >= 15 is 0 Å². The Labute approximate surface area is 118 Å². The van der Waals surface area contributed by atoms with Crippen LogP contribution in [0.1, 0.15) is 39.0 Å². The van der Waals surface area contributed by atoms with Gasteiger partial charge in [0, 0.05) is 17.5 Å². The predicted molar refractivity (Wildman–Crippen MR) is 84.0 cm³/mol. The van der Waals surface area contributed by atoms with Crippen molar-refractivity contribution >= 4 is 33.3 Å². The van der Waals surface area contributed by atoms with Crippen LogP contribution in [-0.2, 0) is 6.42 Å². The Hall–Kier alpha value is -1.36. The summed E-state index contributed by atoms with van der Waals surface area (Å²) in [5.41, 5.74) is 5.90. The molecular formula is C14H22N4S. The van der Waals surface area contributed by atoms with Crippen molar-refractivity contribution < 1.29 is 0 Å². The zero-order valence-electron chi connectivity index (χ0n) is 12.3. The average Bonchev–Trinajstić information content (AvgIpc) is 2.79. The van der Waals surface area contributed by atoms with E-state index in [1.807, 2.05) is 0 Å². The Morgan fingerprint density at radius 2 is 2.00 bits per heavy atom. The van der Waals surface area contributed by atoms with E-state index in [0.717, 1.165) is 28.9 Å². The molecule has 2 aromatic heterocycles. The van der Waals surface area contributed by atoms with E-state index in [1.54, 1.807) is 11.3 Å². The van der Waals surface area contributed by atoms with E-state index in [0.29, 0.717) is 5.95 Å². The maximum Gasteiger partial charge on any atom is 0.223 e. The fourth-order valence-corrected chi connectivity index (χ4v) is 2.89. The quantitative estimate of drug-likeness (QED) is 0.930. The summed E-state index contributed by atoms with van der Waals surface area (Å²) >= 11 is 1.70. The minimum Gasteiger partial charge on any atom is -0.368 e. The van der Waals surface area contributed by atoms with Crippen molar-refractivity contribution in [1.29, 1.82) is 0 Å². The Morgan fingerprint density at radius 3 is 2.58 bits per heavy atom. The molecular weight excluding hydrogens is 256 g/mol. The lowest BCUT2D eigenvalue weighted by Crippen LogP contribution is -2.41. The van der Waals surface area contributed by atoms with E-state index in [2.05, 4.69) is 55.7 Å². The minimum absolute atomic E-state index is 0.0437. The van der Waals surface area contributed by atoms with Gasteiger partial charge in [-0.1, -0.05) is 13.8 Å². The number of rotatable bonds is 4. The van der Waals surface area contributed by atoms with E-state index in [4.69, 9.17) is 5.73 Å². The van der Waals surface area contributed by atoms with Crippen LogP contribution in [0.2, 0.25) is 0 Å². The van der Waals surface area contributed by atoms with Gasteiger partial charge in [-0.25, -0.2) is 4.98 Å². The van der Waals surface area contributed by atoms with Gasteiger partial charge in [-0.15, -0.1) is 11.3 Å². The molecule has 19 heavy (non-hydrogen) atoms. The van der Waals surface area contributed by atoms with Gasteiger partial charge in [0.2, 0.25) is 5.95 Å². The number of anilines is 2. The van der Waals surface area contributed by atoms with Gasteiger partial charge in [0.15, 0.2) is 0 Å². The third-order valence-electron chi connectivity index (χ3n) is 3.88. The fourth-order valence-electron chi connectivity index (χ4n) is 1.93. The van der Waals surface area contributed by atoms with Crippen molar-refractivity contribution in [3.63, 3.8) is 0 Å². The summed E-state index contributed by atoms with van der Waals surface area (Å²) in [6.07, 6.45) is 2.06. The van der Waals surface area contributed by atoms with Gasteiger partial charge < -0.3 is 10.6 Å². The molecule has 104 valence electrons. The van der Waals surface area contributed by atoms with Crippen molar-refractivity contribution in [2.45, 2.75) is 46.1 Å². The monoisotopic (exact) mass is 278 g/mol. The average molecular weight is 278 g/mol. The van der Waals surface area contributed by atoms with Crippen LogP contribution in [0.3, 0.4) is 0 Å². The second kappa shape index (κ2) is 4.96. The Kier molecular flexibility index (Phi) is 3.67. The van der Waals surface area contributed by atoms with Crippen LogP contribution >= 0.6 is 11.3 Å². The Balaban J connectivity index is 2.61. The van der Waals surface area contributed by atoms with Crippen LogP contribution in [0, 0.1) is 0 Å². The molecule has 0 bridgehead atoms. The second-order valence-electron chi connectivity index (χ2n) is 5.42. The maximum absolute atomic E-state index is 5.86. The SMILES string of the molecule is CCc1cc2c(N(C)C(C)(C)CC)nc(N)nc2s1. The summed E-state index contributed by atoms with van der Waals surface area (Å²) in [7, 11) is 2.08. The molecule has 0 radical (unpaired) electrons. The molecule has 5 heteroatoms. The van der Waals surface area contributed by atoms with Crippen LogP contribution in [0.25, 0.3) is 10.2 Å². The van der Waals surface area contributed by atoms with Crippen molar-refractivity contribution in [1.82, 2.24) is 9.97 Å². The van der Waals surface area contributed by atoms with Gasteiger partial charge in [-0.3, -0.25) is 0 Å². The van der Waals surface area contributed by atoms with Crippen molar-refractivity contribution in [2.24, 2.45) is 0 Å². The van der Waals surface area contributed by atoms with Crippen LogP contribution in [0.4, 0.5) is 11.8 Å². The molecule has 0 atom stereocenters. The summed E-state index contributed by atoms with van der Waals surface area (Å²) in [6.45, 7) is 8.76. The molecule has 2 N–H and O–H groups in total. The predicted octanol–water partition coefficient (Wildman–Crippen LogP) is 3.46. The van der Waals surface area contributed by atoms with E-state index in [1.165, 1.54) is 4.88 Å². The number of nitrogens with zero attached hydrogens (tertiary/aromatic N) is 3. The molecule has 0 saturated heterocycles. The zero-order chi connectivity index (χ0) is 14.2. The van der Waals surface area contributed by atoms with Crippen LogP contribution in [0.5, 0.6) is 0 Å². The van der Waals surface area contributed by atoms with Gasteiger partial charge in [-0.2, -0.15) is 4.98 Å². The van der Waals surface area contributed by atoms with Crippen molar-refractivity contribution in [2.75, 3.05) is 17.7 Å². The van der Waals surface area contributed by atoms with Crippen LogP contribution in [-0.4, -0.2) is 22.6 Å². The summed E-state index contributed by atoms with van der Waals surface area (Å²) in [6, 6.07) is 2.19. The Morgan fingerprint density at radius 1 is 1.32 bits per heavy atom. The van der Waals surface area contributed by atoms with Gasteiger partial charge in [0.1, 0.15) is 10.6 Å². The van der Waals surface area contributed by atoms with Crippen molar-refractivity contribution in [3.05, 3.63) is 10.9 Å². The topological polar surface area (TPSA) is 55.0 Å². The first-order valence-electron chi connectivity index (χ1n) is 6.68. The molecule has 2 heterocycles. The summed E-state index contributed by atoms with van der Waals surface area (Å²) < 4.78 is 0. The number of hydrogen-bond acceptors (Lipinski definition) is 5. The van der Waals surface area contributed by atoms with Crippen LogP contribution < -0.4 is 10.6 Å². The lowest BCUT2D eigenvalue weighted by Gasteiger charge is -2.36. The number of aromatic nitrogens is 2. The molecule has 0 amide bonds. The van der Waals surface area contributed by atoms with Gasteiger partial charge in [0.05, 0.1) is 5.39 Å².